The SMILES string of the molecule is CC/C=C\C/C=C\C/C=C\C/C=C\C/C=C\C/C=C\C/C=C\C/C=C\CCCCCCCCC(=O)OCC(COC(=O)CCCCCCCCCCCCCCCC)OC(=O)CC/C=C\C/C=C\C/C=C\C/C=C\C/C=C\C/C=C\CC. The number of esters is 3. The first-order chi connectivity index (χ1) is 40.5. The normalized spacial score (nSPS) is 13.3. The predicted molar refractivity (Wildman–Crippen MR) is 357 cm³/mol. The van der Waals surface area contributed by atoms with E-state index in [4.69, 9.17) is 14.2 Å². The van der Waals surface area contributed by atoms with Crippen molar-refractivity contribution in [3.8, 4) is 0 Å². The van der Waals surface area contributed by atoms with Crippen LogP contribution in [0.15, 0.2) is 170 Å². The van der Waals surface area contributed by atoms with Crippen molar-refractivity contribution in [3.63, 3.8) is 0 Å². The second-order valence-corrected chi connectivity index (χ2v) is 21.3. The summed E-state index contributed by atoms with van der Waals surface area (Å²) in [5.41, 5.74) is 0. The Morgan fingerprint density at radius 1 is 0.256 bits per heavy atom. The van der Waals surface area contributed by atoms with Crippen LogP contribution >= 0.6 is 0 Å². The summed E-state index contributed by atoms with van der Waals surface area (Å²) in [6.07, 6.45) is 101. The van der Waals surface area contributed by atoms with Gasteiger partial charge < -0.3 is 14.2 Å². The van der Waals surface area contributed by atoms with E-state index in [1.54, 1.807) is 0 Å². The predicted octanol–water partition coefficient (Wildman–Crippen LogP) is 23.0. The van der Waals surface area contributed by atoms with E-state index in [1.165, 1.54) is 83.5 Å². The highest BCUT2D eigenvalue weighted by atomic mass is 16.6. The van der Waals surface area contributed by atoms with Gasteiger partial charge in [0.25, 0.3) is 0 Å². The van der Waals surface area contributed by atoms with Crippen molar-refractivity contribution >= 4 is 17.9 Å². The third-order valence-electron chi connectivity index (χ3n) is 13.5. The highest BCUT2D eigenvalue weighted by molar-refractivity contribution is 5.71. The largest absolute Gasteiger partial charge is 0.462 e. The third-order valence-corrected chi connectivity index (χ3v) is 13.5. The first-order valence-electron chi connectivity index (χ1n) is 33.1. The van der Waals surface area contributed by atoms with Crippen LogP contribution in [0.5, 0.6) is 0 Å². The summed E-state index contributed by atoms with van der Waals surface area (Å²) in [5, 5.41) is 0. The van der Waals surface area contributed by atoms with E-state index >= 15 is 0 Å². The van der Waals surface area contributed by atoms with Gasteiger partial charge in [-0.05, 0) is 122 Å². The number of allylic oxidation sites excluding steroid dienone is 28. The molecule has 0 rings (SSSR count). The fraction of sp³-hybridized carbons (Fsp3) is 0.592. The molecule has 460 valence electrons. The molecule has 1 unspecified atom stereocenters. The average molecular weight is 1130 g/mol. The van der Waals surface area contributed by atoms with Crippen LogP contribution in [0.3, 0.4) is 0 Å². The molecular formula is C76H120O6. The molecule has 0 aromatic carbocycles. The zero-order chi connectivity index (χ0) is 59.2. The maximum Gasteiger partial charge on any atom is 0.306 e. The molecule has 0 fully saturated rings. The minimum Gasteiger partial charge on any atom is -0.462 e. The standard InChI is InChI=1S/C76H120O6/c1-4-7-10-13-16-19-22-25-28-30-32-33-34-35-36-37-38-39-40-41-42-43-45-46-48-51-54-57-60-63-66-69-75(78)81-72-73(71-80-74(77)68-65-62-59-56-53-50-27-24-21-18-15-12-9-6-3)82-76(79)70-67-64-61-58-55-52-49-47-44-31-29-26-23-20-17-14-11-8-5-2/h7-8,10-11,16-17,19-20,25-26,28-29,32-33,35-36,38-39,41-42,44-47,52,55,61,64,73H,4-6,9,12-15,18,21-24,27,30-31,34,37,40,43,48-51,53-54,56-60,62-63,65-72H2,1-3H3/b10-7-,11-8-,19-16-,20-17-,28-25-,29-26-,33-32-,36-35-,39-38-,42-41-,46-45-,47-44-,55-52-,64-61-. The van der Waals surface area contributed by atoms with E-state index < -0.39 is 12.1 Å². The number of carbonyl (C=O) groups is 3. The molecular weight excluding hydrogens is 1010 g/mol. The Bertz CT molecular complexity index is 1870. The van der Waals surface area contributed by atoms with Gasteiger partial charge in [-0.2, -0.15) is 0 Å². The Balaban J connectivity index is 4.45. The monoisotopic (exact) mass is 1130 g/mol. The molecule has 6 nitrogen and oxygen atoms in total. The van der Waals surface area contributed by atoms with Gasteiger partial charge >= 0.3 is 17.9 Å². The number of unbranched alkanes of at least 4 members (excludes halogenated alkanes) is 19. The molecule has 0 aliphatic carbocycles. The molecule has 0 aromatic rings. The molecule has 0 N–H and O–H groups in total. The molecule has 82 heavy (non-hydrogen) atoms. The van der Waals surface area contributed by atoms with Crippen LogP contribution in [0.2, 0.25) is 0 Å². The molecule has 0 heterocycles. The lowest BCUT2D eigenvalue weighted by atomic mass is 10.0. The smallest absolute Gasteiger partial charge is 0.306 e. The van der Waals surface area contributed by atoms with Crippen molar-refractivity contribution in [2.24, 2.45) is 0 Å². The lowest BCUT2D eigenvalue weighted by Gasteiger charge is -2.18. The van der Waals surface area contributed by atoms with Crippen LogP contribution in [0, 0.1) is 0 Å². The van der Waals surface area contributed by atoms with Crippen molar-refractivity contribution in [2.75, 3.05) is 13.2 Å². The Morgan fingerprint density at radius 3 is 0.793 bits per heavy atom. The maximum atomic E-state index is 12.9. The summed E-state index contributed by atoms with van der Waals surface area (Å²) in [4.78, 5) is 38.3. The van der Waals surface area contributed by atoms with Gasteiger partial charge in [0, 0.05) is 19.3 Å². The van der Waals surface area contributed by atoms with Crippen LogP contribution in [-0.2, 0) is 28.6 Å². The first-order valence-corrected chi connectivity index (χ1v) is 33.1. The summed E-state index contributed by atoms with van der Waals surface area (Å²) in [6.45, 7) is 6.34. The summed E-state index contributed by atoms with van der Waals surface area (Å²) >= 11 is 0. The van der Waals surface area contributed by atoms with Gasteiger partial charge in [-0.3, -0.25) is 14.4 Å². The molecule has 0 radical (unpaired) electrons. The lowest BCUT2D eigenvalue weighted by molar-refractivity contribution is -0.166. The zero-order valence-corrected chi connectivity index (χ0v) is 52.7. The van der Waals surface area contributed by atoms with E-state index in [2.05, 4.69) is 185 Å². The highest BCUT2D eigenvalue weighted by Gasteiger charge is 2.19. The van der Waals surface area contributed by atoms with Crippen LogP contribution in [0.25, 0.3) is 0 Å². The van der Waals surface area contributed by atoms with Gasteiger partial charge in [0.05, 0.1) is 0 Å². The average Bonchev–Trinajstić information content (AvgIpc) is 3.47. The van der Waals surface area contributed by atoms with Crippen molar-refractivity contribution in [1.82, 2.24) is 0 Å². The summed E-state index contributed by atoms with van der Waals surface area (Å²) < 4.78 is 16.8. The summed E-state index contributed by atoms with van der Waals surface area (Å²) in [5.74, 6) is -1.02. The van der Waals surface area contributed by atoms with Crippen molar-refractivity contribution in [2.45, 2.75) is 277 Å². The Labute approximate surface area is 504 Å². The number of carbonyl (C=O) groups excluding carboxylic acids is 3. The van der Waals surface area contributed by atoms with Gasteiger partial charge in [0.2, 0.25) is 0 Å². The number of hydrogen-bond donors (Lipinski definition) is 0. The van der Waals surface area contributed by atoms with Gasteiger partial charge in [-0.1, -0.05) is 300 Å². The summed E-state index contributed by atoms with van der Waals surface area (Å²) in [6, 6.07) is 0. The van der Waals surface area contributed by atoms with Crippen molar-refractivity contribution in [3.05, 3.63) is 170 Å². The lowest BCUT2D eigenvalue weighted by Crippen LogP contribution is -2.30. The van der Waals surface area contributed by atoms with E-state index in [-0.39, 0.29) is 31.6 Å². The van der Waals surface area contributed by atoms with Gasteiger partial charge in [-0.15, -0.1) is 0 Å². The van der Waals surface area contributed by atoms with Gasteiger partial charge in [-0.25, -0.2) is 0 Å². The van der Waals surface area contributed by atoms with Crippen LogP contribution in [0.4, 0.5) is 0 Å². The molecule has 0 aliphatic heterocycles. The molecule has 0 spiro atoms. The van der Waals surface area contributed by atoms with Gasteiger partial charge in [0.1, 0.15) is 13.2 Å². The second kappa shape index (κ2) is 68.3. The molecule has 0 aliphatic rings. The number of hydrogen-bond acceptors (Lipinski definition) is 6. The Kier molecular flexibility index (Phi) is 63.9. The van der Waals surface area contributed by atoms with Crippen molar-refractivity contribution < 1.29 is 28.6 Å². The van der Waals surface area contributed by atoms with Crippen LogP contribution in [0.1, 0.15) is 271 Å². The fourth-order valence-electron chi connectivity index (χ4n) is 8.60. The molecule has 0 bridgehead atoms. The second-order valence-electron chi connectivity index (χ2n) is 21.3. The van der Waals surface area contributed by atoms with E-state index in [0.717, 1.165) is 141 Å². The number of ether oxygens (including phenoxy) is 3. The molecule has 6 heteroatoms. The molecule has 0 saturated carbocycles. The quantitative estimate of drug-likeness (QED) is 0.0261. The van der Waals surface area contributed by atoms with E-state index in [0.29, 0.717) is 19.3 Å². The molecule has 0 saturated heterocycles. The minimum absolute atomic E-state index is 0.118. The topological polar surface area (TPSA) is 78.9 Å². The molecule has 0 amide bonds. The van der Waals surface area contributed by atoms with Crippen LogP contribution < -0.4 is 0 Å². The molecule has 1 atom stereocenters. The summed E-state index contributed by atoms with van der Waals surface area (Å²) in [7, 11) is 0. The van der Waals surface area contributed by atoms with E-state index in [9.17, 15) is 14.4 Å². The fourth-order valence-corrected chi connectivity index (χ4v) is 8.60. The van der Waals surface area contributed by atoms with Crippen molar-refractivity contribution in [1.29, 1.82) is 0 Å². The Morgan fingerprint density at radius 2 is 0.500 bits per heavy atom. The number of rotatable bonds is 58. The van der Waals surface area contributed by atoms with E-state index in [1.807, 2.05) is 6.08 Å². The highest BCUT2D eigenvalue weighted by Crippen LogP contribution is 2.15. The Hall–Kier alpha value is -5.23. The zero-order valence-electron chi connectivity index (χ0n) is 52.7. The molecule has 0 aromatic heterocycles. The maximum absolute atomic E-state index is 12.9. The van der Waals surface area contributed by atoms with Crippen LogP contribution in [-0.4, -0.2) is 37.2 Å². The minimum atomic E-state index is -0.833. The van der Waals surface area contributed by atoms with Gasteiger partial charge in [0.15, 0.2) is 6.10 Å². The third kappa shape index (κ3) is 65.6. The first kappa shape index (κ1) is 76.8.